The summed E-state index contributed by atoms with van der Waals surface area (Å²) in [5.74, 6) is -0.318. The molecule has 0 radical (unpaired) electrons. The lowest BCUT2D eigenvalue weighted by molar-refractivity contribution is 0.0950. The van der Waals surface area contributed by atoms with Crippen LogP contribution in [0.25, 0.3) is 0 Å². The molecule has 0 saturated heterocycles. The van der Waals surface area contributed by atoms with Crippen molar-refractivity contribution in [3.63, 3.8) is 0 Å². The molecular formula is C11H15IN2O2. The maximum atomic E-state index is 11.6. The van der Waals surface area contributed by atoms with Crippen molar-refractivity contribution in [2.45, 2.75) is 19.3 Å². The monoisotopic (exact) mass is 334 g/mol. The normalized spacial score (nSPS) is 10.1. The third-order valence-corrected chi connectivity index (χ3v) is 2.90. The molecule has 0 saturated carbocycles. The molecule has 5 heteroatoms. The van der Waals surface area contributed by atoms with E-state index >= 15 is 0 Å². The number of amides is 1. The standard InChI is InChI=1S/C11H15IN2O2/c12-5-2-1-3-6-14-11(16)9-4-7-13-8-10(9)15/h4,7-8,15H,1-3,5-6H2,(H,14,16). The summed E-state index contributed by atoms with van der Waals surface area (Å²) < 4.78 is 1.15. The van der Waals surface area contributed by atoms with Crippen LogP contribution >= 0.6 is 22.6 Å². The molecule has 1 aromatic heterocycles. The average Bonchev–Trinajstić information content (AvgIpc) is 2.29. The number of hydrogen-bond donors (Lipinski definition) is 2. The molecule has 0 aliphatic carbocycles. The molecule has 2 N–H and O–H groups in total. The number of nitrogens with one attached hydrogen (secondary N) is 1. The molecule has 0 atom stereocenters. The van der Waals surface area contributed by atoms with Gasteiger partial charge in [0.05, 0.1) is 11.8 Å². The van der Waals surface area contributed by atoms with Crippen molar-refractivity contribution in [2.75, 3.05) is 11.0 Å². The van der Waals surface area contributed by atoms with E-state index in [0.29, 0.717) is 6.54 Å². The second kappa shape index (κ2) is 7.43. The van der Waals surface area contributed by atoms with E-state index in [1.807, 2.05) is 0 Å². The Morgan fingerprint density at radius 3 is 2.94 bits per heavy atom. The van der Waals surface area contributed by atoms with Crippen LogP contribution in [-0.4, -0.2) is 27.0 Å². The summed E-state index contributed by atoms with van der Waals surface area (Å²) in [5.41, 5.74) is 0.281. The number of aromatic hydroxyl groups is 1. The maximum absolute atomic E-state index is 11.6. The second-order valence-corrected chi connectivity index (χ2v) is 4.48. The quantitative estimate of drug-likeness (QED) is 0.476. The number of aromatic nitrogens is 1. The molecular weight excluding hydrogens is 319 g/mol. The van der Waals surface area contributed by atoms with Crippen molar-refractivity contribution in [2.24, 2.45) is 0 Å². The van der Waals surface area contributed by atoms with Gasteiger partial charge in [0.1, 0.15) is 5.75 Å². The molecule has 0 bridgehead atoms. The zero-order valence-electron chi connectivity index (χ0n) is 8.95. The maximum Gasteiger partial charge on any atom is 0.255 e. The number of alkyl halides is 1. The lowest BCUT2D eigenvalue weighted by atomic mass is 10.2. The number of nitrogens with zero attached hydrogens (tertiary/aromatic N) is 1. The van der Waals surface area contributed by atoms with Crippen molar-refractivity contribution in [1.29, 1.82) is 0 Å². The number of unbranched alkanes of at least 4 members (excludes halogenated alkanes) is 2. The molecule has 0 aromatic carbocycles. The Morgan fingerprint density at radius 1 is 1.44 bits per heavy atom. The number of carbonyl (C=O) groups excluding carboxylic acids is 1. The summed E-state index contributed by atoms with van der Waals surface area (Å²) in [5, 5.41) is 12.2. The Hall–Kier alpha value is -0.850. The molecule has 4 nitrogen and oxygen atoms in total. The molecule has 0 aliphatic heterocycles. The minimum absolute atomic E-state index is 0.0766. The van der Waals surface area contributed by atoms with Gasteiger partial charge in [-0.15, -0.1) is 0 Å². The average molecular weight is 334 g/mol. The number of pyridine rings is 1. The van der Waals surface area contributed by atoms with Crippen LogP contribution in [0.5, 0.6) is 5.75 Å². The fraction of sp³-hybridized carbons (Fsp3) is 0.455. The molecule has 88 valence electrons. The van der Waals surface area contributed by atoms with Gasteiger partial charge in [-0.2, -0.15) is 0 Å². The first-order valence-corrected chi connectivity index (χ1v) is 6.75. The summed E-state index contributed by atoms with van der Waals surface area (Å²) in [6.45, 7) is 0.650. The fourth-order valence-corrected chi connectivity index (χ4v) is 1.81. The zero-order chi connectivity index (χ0) is 11.8. The van der Waals surface area contributed by atoms with Crippen LogP contribution in [0.2, 0.25) is 0 Å². The molecule has 0 spiro atoms. The summed E-state index contributed by atoms with van der Waals surface area (Å²) >= 11 is 2.34. The molecule has 16 heavy (non-hydrogen) atoms. The van der Waals surface area contributed by atoms with E-state index in [1.54, 1.807) is 0 Å². The van der Waals surface area contributed by atoms with Crippen LogP contribution in [0.3, 0.4) is 0 Å². The van der Waals surface area contributed by atoms with Gasteiger partial charge in [0.2, 0.25) is 0 Å². The smallest absolute Gasteiger partial charge is 0.255 e. The van der Waals surface area contributed by atoms with Gasteiger partial charge in [0, 0.05) is 12.7 Å². The Morgan fingerprint density at radius 2 is 2.25 bits per heavy atom. The lowest BCUT2D eigenvalue weighted by Gasteiger charge is -2.05. The number of rotatable bonds is 6. The van der Waals surface area contributed by atoms with Crippen molar-refractivity contribution in [1.82, 2.24) is 10.3 Å². The van der Waals surface area contributed by atoms with Gasteiger partial charge in [-0.3, -0.25) is 9.78 Å². The largest absolute Gasteiger partial charge is 0.505 e. The molecule has 0 aliphatic rings. The number of carbonyl (C=O) groups is 1. The summed E-state index contributed by atoms with van der Waals surface area (Å²) in [6, 6.07) is 1.51. The van der Waals surface area contributed by atoms with Gasteiger partial charge in [0.25, 0.3) is 5.91 Å². The van der Waals surface area contributed by atoms with Crippen LogP contribution in [-0.2, 0) is 0 Å². The van der Waals surface area contributed by atoms with Gasteiger partial charge in [-0.25, -0.2) is 0 Å². The van der Waals surface area contributed by atoms with Gasteiger partial charge < -0.3 is 10.4 Å². The fourth-order valence-electron chi connectivity index (χ4n) is 1.27. The minimum Gasteiger partial charge on any atom is -0.505 e. The zero-order valence-corrected chi connectivity index (χ0v) is 11.1. The SMILES string of the molecule is O=C(NCCCCCI)c1ccncc1O. The van der Waals surface area contributed by atoms with Crippen molar-refractivity contribution < 1.29 is 9.90 Å². The van der Waals surface area contributed by atoms with Crippen LogP contribution in [0.4, 0.5) is 0 Å². The van der Waals surface area contributed by atoms with Crippen LogP contribution < -0.4 is 5.32 Å². The number of halogens is 1. The van der Waals surface area contributed by atoms with E-state index < -0.39 is 0 Å². The van der Waals surface area contributed by atoms with Crippen molar-refractivity contribution in [3.8, 4) is 5.75 Å². The van der Waals surface area contributed by atoms with Crippen LogP contribution in [0.15, 0.2) is 18.5 Å². The molecule has 1 heterocycles. The molecule has 1 amide bonds. The first-order chi connectivity index (χ1) is 7.75. The van der Waals surface area contributed by atoms with Gasteiger partial charge in [-0.05, 0) is 23.3 Å². The van der Waals surface area contributed by atoms with Crippen LogP contribution in [0.1, 0.15) is 29.6 Å². The first kappa shape index (κ1) is 13.2. The molecule has 0 fully saturated rings. The van der Waals surface area contributed by atoms with E-state index in [2.05, 4.69) is 32.9 Å². The van der Waals surface area contributed by atoms with Crippen molar-refractivity contribution >= 4 is 28.5 Å². The van der Waals surface area contributed by atoms with Crippen molar-refractivity contribution in [3.05, 3.63) is 24.0 Å². The van der Waals surface area contributed by atoms with E-state index in [1.165, 1.54) is 24.9 Å². The summed E-state index contributed by atoms with van der Waals surface area (Å²) in [6.07, 6.45) is 6.03. The van der Waals surface area contributed by atoms with E-state index in [9.17, 15) is 9.90 Å². The topological polar surface area (TPSA) is 62.2 Å². The van der Waals surface area contributed by atoms with Crippen LogP contribution in [0, 0.1) is 0 Å². The molecule has 1 rings (SSSR count). The van der Waals surface area contributed by atoms with Gasteiger partial charge >= 0.3 is 0 Å². The third kappa shape index (κ3) is 4.34. The Kier molecular flexibility index (Phi) is 6.14. The highest BCUT2D eigenvalue weighted by Gasteiger charge is 2.09. The predicted octanol–water partition coefficient (Wildman–Crippen LogP) is 2.12. The van der Waals surface area contributed by atoms with Gasteiger partial charge in [0.15, 0.2) is 0 Å². The summed E-state index contributed by atoms with van der Waals surface area (Å²) in [7, 11) is 0. The highest BCUT2D eigenvalue weighted by atomic mass is 127. The number of hydrogen-bond acceptors (Lipinski definition) is 3. The highest BCUT2D eigenvalue weighted by Crippen LogP contribution is 2.13. The Labute approximate surface area is 109 Å². The highest BCUT2D eigenvalue weighted by molar-refractivity contribution is 14.1. The minimum atomic E-state index is -0.241. The molecule has 0 unspecified atom stereocenters. The Balaban J connectivity index is 2.33. The van der Waals surface area contributed by atoms with E-state index in [-0.39, 0.29) is 17.2 Å². The lowest BCUT2D eigenvalue weighted by Crippen LogP contribution is -2.24. The van der Waals surface area contributed by atoms with E-state index in [0.717, 1.165) is 17.3 Å². The predicted molar refractivity (Wildman–Crippen MR) is 71.0 cm³/mol. The van der Waals surface area contributed by atoms with E-state index in [4.69, 9.17) is 0 Å². The molecule has 1 aromatic rings. The first-order valence-electron chi connectivity index (χ1n) is 5.23. The second-order valence-electron chi connectivity index (χ2n) is 3.40. The Bertz CT molecular complexity index is 345. The third-order valence-electron chi connectivity index (χ3n) is 2.14. The summed E-state index contributed by atoms with van der Waals surface area (Å²) in [4.78, 5) is 15.3. The van der Waals surface area contributed by atoms with Gasteiger partial charge in [-0.1, -0.05) is 29.0 Å².